The number of hydrogen-bond acceptors (Lipinski definition) is 3. The molecule has 0 atom stereocenters. The maximum Gasteiger partial charge on any atom is 0.276 e. The first-order valence-corrected chi connectivity index (χ1v) is 4.45. The summed E-state index contributed by atoms with van der Waals surface area (Å²) >= 11 is 0. The van der Waals surface area contributed by atoms with E-state index in [-0.39, 0.29) is 5.69 Å². The van der Waals surface area contributed by atoms with Gasteiger partial charge in [-0.15, -0.1) is 0 Å². The Morgan fingerprint density at radius 1 is 1.43 bits per heavy atom. The van der Waals surface area contributed by atoms with Crippen molar-refractivity contribution in [3.63, 3.8) is 0 Å². The third-order valence-corrected chi connectivity index (χ3v) is 2.06. The van der Waals surface area contributed by atoms with Crippen molar-refractivity contribution in [1.29, 1.82) is 0 Å². The summed E-state index contributed by atoms with van der Waals surface area (Å²) in [5.41, 5.74) is 1.63. The first kappa shape index (κ1) is 10.5. The second-order valence-electron chi connectivity index (χ2n) is 3.05. The summed E-state index contributed by atoms with van der Waals surface area (Å²) in [5, 5.41) is 10.6. The molecule has 0 aliphatic carbocycles. The zero-order valence-corrected chi connectivity index (χ0v) is 8.53. The standard InChI is InChI=1S/C10H13NO3/c1-4-14-10-7(2)5-6-9(8(10)3)11(12)13/h5-6H,4H2,1-3H3. The van der Waals surface area contributed by atoms with E-state index in [0.717, 1.165) is 5.56 Å². The second kappa shape index (κ2) is 4.09. The summed E-state index contributed by atoms with van der Waals surface area (Å²) in [5.74, 6) is 0.627. The van der Waals surface area contributed by atoms with Crippen LogP contribution in [0.25, 0.3) is 0 Å². The Morgan fingerprint density at radius 3 is 2.57 bits per heavy atom. The van der Waals surface area contributed by atoms with Crippen LogP contribution < -0.4 is 4.74 Å². The van der Waals surface area contributed by atoms with E-state index < -0.39 is 4.92 Å². The minimum atomic E-state index is -0.392. The van der Waals surface area contributed by atoms with Gasteiger partial charge in [0.25, 0.3) is 5.69 Å². The molecule has 0 heterocycles. The van der Waals surface area contributed by atoms with E-state index in [1.54, 1.807) is 13.0 Å². The highest BCUT2D eigenvalue weighted by Crippen LogP contribution is 2.30. The number of aryl methyl sites for hydroxylation is 1. The molecule has 14 heavy (non-hydrogen) atoms. The van der Waals surface area contributed by atoms with Crippen LogP contribution in [0.3, 0.4) is 0 Å². The smallest absolute Gasteiger partial charge is 0.276 e. The van der Waals surface area contributed by atoms with Crippen molar-refractivity contribution in [3.05, 3.63) is 33.4 Å². The molecule has 0 fully saturated rings. The van der Waals surface area contributed by atoms with Gasteiger partial charge in [-0.25, -0.2) is 0 Å². The zero-order chi connectivity index (χ0) is 10.7. The SMILES string of the molecule is CCOc1c(C)ccc([N+](=O)[O-])c1C. The average Bonchev–Trinajstić information content (AvgIpc) is 2.11. The molecule has 0 amide bonds. The third kappa shape index (κ3) is 1.84. The fourth-order valence-corrected chi connectivity index (χ4v) is 1.38. The van der Waals surface area contributed by atoms with Crippen LogP contribution in [0, 0.1) is 24.0 Å². The summed E-state index contributed by atoms with van der Waals surface area (Å²) in [7, 11) is 0. The summed E-state index contributed by atoms with van der Waals surface area (Å²) in [6, 6.07) is 3.21. The van der Waals surface area contributed by atoms with Crippen molar-refractivity contribution >= 4 is 5.69 Å². The molecule has 0 saturated carbocycles. The number of benzene rings is 1. The predicted octanol–water partition coefficient (Wildman–Crippen LogP) is 2.61. The minimum Gasteiger partial charge on any atom is -0.493 e. The van der Waals surface area contributed by atoms with Gasteiger partial charge in [0, 0.05) is 6.07 Å². The van der Waals surface area contributed by atoms with E-state index in [2.05, 4.69) is 0 Å². The van der Waals surface area contributed by atoms with Crippen LogP contribution >= 0.6 is 0 Å². The topological polar surface area (TPSA) is 52.4 Å². The van der Waals surface area contributed by atoms with Gasteiger partial charge in [-0.2, -0.15) is 0 Å². The van der Waals surface area contributed by atoms with Crippen LogP contribution in [0.1, 0.15) is 18.1 Å². The van der Waals surface area contributed by atoms with Crippen molar-refractivity contribution in [2.45, 2.75) is 20.8 Å². The Kier molecular flexibility index (Phi) is 3.06. The van der Waals surface area contributed by atoms with Crippen LogP contribution in [-0.2, 0) is 0 Å². The van der Waals surface area contributed by atoms with Gasteiger partial charge < -0.3 is 4.74 Å². The van der Waals surface area contributed by atoms with Gasteiger partial charge >= 0.3 is 0 Å². The zero-order valence-electron chi connectivity index (χ0n) is 8.53. The van der Waals surface area contributed by atoms with Crippen LogP contribution in [0.15, 0.2) is 12.1 Å². The van der Waals surface area contributed by atoms with Gasteiger partial charge in [0.1, 0.15) is 5.75 Å². The van der Waals surface area contributed by atoms with Gasteiger partial charge in [0.2, 0.25) is 0 Å². The molecule has 4 heteroatoms. The van der Waals surface area contributed by atoms with Crippen molar-refractivity contribution in [1.82, 2.24) is 0 Å². The van der Waals surface area contributed by atoms with E-state index in [1.807, 2.05) is 13.8 Å². The van der Waals surface area contributed by atoms with Gasteiger partial charge in [-0.05, 0) is 32.4 Å². The molecule has 76 valence electrons. The van der Waals surface area contributed by atoms with E-state index in [0.29, 0.717) is 17.9 Å². The first-order chi connectivity index (χ1) is 6.57. The first-order valence-electron chi connectivity index (χ1n) is 4.45. The molecule has 0 aromatic heterocycles. The number of nitro benzene ring substituents is 1. The molecule has 0 bridgehead atoms. The summed E-state index contributed by atoms with van der Waals surface area (Å²) in [4.78, 5) is 10.2. The van der Waals surface area contributed by atoms with E-state index >= 15 is 0 Å². The van der Waals surface area contributed by atoms with Crippen LogP contribution in [0.2, 0.25) is 0 Å². The molecule has 0 N–H and O–H groups in total. The van der Waals surface area contributed by atoms with Gasteiger partial charge in [-0.1, -0.05) is 0 Å². The lowest BCUT2D eigenvalue weighted by atomic mass is 10.1. The second-order valence-corrected chi connectivity index (χ2v) is 3.05. The average molecular weight is 195 g/mol. The Balaban J connectivity index is 3.26. The molecule has 0 aliphatic rings. The van der Waals surface area contributed by atoms with Gasteiger partial charge in [-0.3, -0.25) is 10.1 Å². The number of nitrogens with zero attached hydrogens (tertiary/aromatic N) is 1. The Bertz CT molecular complexity index is 361. The summed E-state index contributed by atoms with van der Waals surface area (Å²) < 4.78 is 5.35. The third-order valence-electron chi connectivity index (χ3n) is 2.06. The number of nitro groups is 1. The fraction of sp³-hybridized carbons (Fsp3) is 0.400. The van der Waals surface area contributed by atoms with Gasteiger partial charge in [0.15, 0.2) is 0 Å². The van der Waals surface area contributed by atoms with E-state index in [9.17, 15) is 10.1 Å². The van der Waals surface area contributed by atoms with Crippen molar-refractivity contribution in [2.24, 2.45) is 0 Å². The van der Waals surface area contributed by atoms with Crippen molar-refractivity contribution < 1.29 is 9.66 Å². The minimum absolute atomic E-state index is 0.110. The lowest BCUT2D eigenvalue weighted by molar-refractivity contribution is -0.385. The normalized spacial score (nSPS) is 9.93. The fourth-order valence-electron chi connectivity index (χ4n) is 1.38. The van der Waals surface area contributed by atoms with Crippen molar-refractivity contribution in [2.75, 3.05) is 6.61 Å². The lowest BCUT2D eigenvalue weighted by Crippen LogP contribution is -2.00. The number of hydrogen-bond donors (Lipinski definition) is 0. The molecule has 0 spiro atoms. The molecule has 1 aromatic rings. The monoisotopic (exact) mass is 195 g/mol. The molecule has 1 aromatic carbocycles. The van der Waals surface area contributed by atoms with Crippen LogP contribution in [-0.4, -0.2) is 11.5 Å². The Hall–Kier alpha value is -1.58. The maximum atomic E-state index is 10.6. The van der Waals surface area contributed by atoms with Crippen LogP contribution in [0.5, 0.6) is 5.75 Å². The molecule has 0 radical (unpaired) electrons. The molecule has 0 aliphatic heterocycles. The van der Waals surface area contributed by atoms with Crippen molar-refractivity contribution in [3.8, 4) is 5.75 Å². The summed E-state index contributed by atoms with van der Waals surface area (Å²) in [6.45, 7) is 5.96. The highest BCUT2D eigenvalue weighted by Gasteiger charge is 2.16. The largest absolute Gasteiger partial charge is 0.493 e. The summed E-state index contributed by atoms with van der Waals surface area (Å²) in [6.07, 6.45) is 0. The maximum absolute atomic E-state index is 10.6. The highest BCUT2D eigenvalue weighted by molar-refractivity contribution is 5.52. The highest BCUT2D eigenvalue weighted by atomic mass is 16.6. The molecule has 0 unspecified atom stereocenters. The predicted molar refractivity (Wildman–Crippen MR) is 53.7 cm³/mol. The Labute approximate surface area is 82.7 Å². The molecule has 1 rings (SSSR count). The Morgan fingerprint density at radius 2 is 2.07 bits per heavy atom. The molecular formula is C10H13NO3. The van der Waals surface area contributed by atoms with E-state index in [4.69, 9.17) is 4.74 Å². The molecule has 4 nitrogen and oxygen atoms in total. The number of ether oxygens (including phenoxy) is 1. The van der Waals surface area contributed by atoms with Crippen LogP contribution in [0.4, 0.5) is 5.69 Å². The quantitative estimate of drug-likeness (QED) is 0.550. The van der Waals surface area contributed by atoms with Gasteiger partial charge in [0.05, 0.1) is 17.1 Å². The molecular weight excluding hydrogens is 182 g/mol. The lowest BCUT2D eigenvalue weighted by Gasteiger charge is -2.09. The molecule has 0 saturated heterocycles. The number of rotatable bonds is 3. The van der Waals surface area contributed by atoms with E-state index in [1.165, 1.54) is 6.07 Å².